The maximum Gasteiger partial charge on any atom is 0.254 e. The Balaban J connectivity index is 2.17. The molecule has 132 valence electrons. The number of benzene rings is 1. The zero-order valence-electron chi connectivity index (χ0n) is 14.4. The minimum absolute atomic E-state index is 0.0697. The number of amides is 2. The molecule has 2 rings (SSSR count). The second kappa shape index (κ2) is 8.65. The minimum Gasteiger partial charge on any atom is -0.495 e. The van der Waals surface area contributed by atoms with E-state index < -0.39 is 0 Å². The van der Waals surface area contributed by atoms with Gasteiger partial charge in [-0.25, -0.2) is 0 Å². The summed E-state index contributed by atoms with van der Waals surface area (Å²) in [5.74, 6) is 0.134. The lowest BCUT2D eigenvalue weighted by atomic mass is 10.1. The molecule has 7 heteroatoms. The third kappa shape index (κ3) is 4.46. The monoisotopic (exact) mass is 335 g/mol. The van der Waals surface area contributed by atoms with Gasteiger partial charge in [0.25, 0.3) is 5.91 Å². The molecule has 1 saturated heterocycles. The van der Waals surface area contributed by atoms with Gasteiger partial charge >= 0.3 is 0 Å². The standard InChI is InChI=1S/C17H25N3O4/c1-12(11-18-2)16(21)19-14-10-13(4-5-15(14)23-3)17(22)20-6-8-24-9-7-20/h4-5,10,12,18H,6-9,11H2,1-3H3,(H,19,21). The van der Waals surface area contributed by atoms with E-state index in [-0.39, 0.29) is 17.7 Å². The SMILES string of the molecule is CNCC(C)C(=O)Nc1cc(C(=O)N2CCOCC2)ccc1OC. The largest absolute Gasteiger partial charge is 0.495 e. The van der Waals surface area contributed by atoms with Crippen molar-refractivity contribution in [2.45, 2.75) is 6.92 Å². The van der Waals surface area contributed by atoms with Crippen molar-refractivity contribution in [2.24, 2.45) is 5.92 Å². The Morgan fingerprint density at radius 3 is 2.67 bits per heavy atom. The fraction of sp³-hybridized carbons (Fsp3) is 0.529. The maximum absolute atomic E-state index is 12.6. The van der Waals surface area contributed by atoms with E-state index in [0.29, 0.717) is 49.8 Å². The van der Waals surface area contributed by atoms with Crippen LogP contribution in [-0.4, -0.2) is 63.7 Å². The summed E-state index contributed by atoms with van der Waals surface area (Å²) >= 11 is 0. The van der Waals surface area contributed by atoms with Crippen molar-refractivity contribution < 1.29 is 19.1 Å². The summed E-state index contributed by atoms with van der Waals surface area (Å²) in [6.07, 6.45) is 0. The Morgan fingerprint density at radius 2 is 2.04 bits per heavy atom. The van der Waals surface area contributed by atoms with Crippen molar-refractivity contribution in [3.8, 4) is 5.75 Å². The first-order chi connectivity index (χ1) is 11.6. The van der Waals surface area contributed by atoms with Gasteiger partial charge in [0.1, 0.15) is 5.75 Å². The summed E-state index contributed by atoms with van der Waals surface area (Å²) in [6.45, 7) is 4.65. The number of hydrogen-bond acceptors (Lipinski definition) is 5. The molecule has 0 aliphatic carbocycles. The predicted molar refractivity (Wildman–Crippen MR) is 91.4 cm³/mol. The zero-order chi connectivity index (χ0) is 17.5. The highest BCUT2D eigenvalue weighted by Gasteiger charge is 2.21. The van der Waals surface area contributed by atoms with Crippen LogP contribution in [0.15, 0.2) is 18.2 Å². The number of morpholine rings is 1. The van der Waals surface area contributed by atoms with Crippen molar-refractivity contribution in [3.05, 3.63) is 23.8 Å². The fourth-order valence-corrected chi connectivity index (χ4v) is 2.54. The molecule has 0 saturated carbocycles. The van der Waals surface area contributed by atoms with Crippen LogP contribution in [0.4, 0.5) is 5.69 Å². The van der Waals surface area contributed by atoms with Gasteiger partial charge < -0.3 is 25.0 Å². The number of anilines is 1. The van der Waals surface area contributed by atoms with Crippen LogP contribution in [0.2, 0.25) is 0 Å². The minimum atomic E-state index is -0.196. The molecule has 1 aromatic rings. The summed E-state index contributed by atoms with van der Waals surface area (Å²) in [5.41, 5.74) is 1.03. The first-order valence-electron chi connectivity index (χ1n) is 8.07. The smallest absolute Gasteiger partial charge is 0.254 e. The highest BCUT2D eigenvalue weighted by molar-refractivity contribution is 5.99. The Kier molecular flexibility index (Phi) is 6.57. The first kappa shape index (κ1) is 18.2. The number of carbonyl (C=O) groups excluding carboxylic acids is 2. The maximum atomic E-state index is 12.6. The average molecular weight is 335 g/mol. The van der Waals surface area contributed by atoms with Crippen LogP contribution < -0.4 is 15.4 Å². The van der Waals surface area contributed by atoms with E-state index in [1.807, 2.05) is 6.92 Å². The molecule has 2 N–H and O–H groups in total. The molecule has 1 aliphatic heterocycles. The third-order valence-electron chi connectivity index (χ3n) is 3.96. The quantitative estimate of drug-likeness (QED) is 0.809. The molecule has 0 radical (unpaired) electrons. The van der Waals surface area contributed by atoms with Gasteiger partial charge in [-0.1, -0.05) is 6.92 Å². The van der Waals surface area contributed by atoms with Crippen LogP contribution >= 0.6 is 0 Å². The van der Waals surface area contributed by atoms with Crippen molar-refractivity contribution in [3.63, 3.8) is 0 Å². The summed E-state index contributed by atoms with van der Waals surface area (Å²) in [6, 6.07) is 5.08. The zero-order valence-corrected chi connectivity index (χ0v) is 14.4. The fourth-order valence-electron chi connectivity index (χ4n) is 2.54. The van der Waals surface area contributed by atoms with E-state index in [9.17, 15) is 9.59 Å². The number of methoxy groups -OCH3 is 1. The molecule has 24 heavy (non-hydrogen) atoms. The highest BCUT2D eigenvalue weighted by atomic mass is 16.5. The molecule has 1 unspecified atom stereocenters. The molecule has 1 aromatic carbocycles. The molecule has 0 aromatic heterocycles. The summed E-state index contributed by atoms with van der Waals surface area (Å²) in [4.78, 5) is 26.6. The van der Waals surface area contributed by atoms with Gasteiger partial charge in [0.15, 0.2) is 0 Å². The number of hydrogen-bond donors (Lipinski definition) is 2. The highest BCUT2D eigenvalue weighted by Crippen LogP contribution is 2.26. The number of ether oxygens (including phenoxy) is 2. The molecule has 1 fully saturated rings. The van der Waals surface area contributed by atoms with E-state index in [1.54, 1.807) is 30.1 Å². The molecule has 0 bridgehead atoms. The van der Waals surface area contributed by atoms with Gasteiger partial charge in [-0.2, -0.15) is 0 Å². The van der Waals surface area contributed by atoms with Crippen LogP contribution in [0, 0.1) is 5.92 Å². The van der Waals surface area contributed by atoms with E-state index in [2.05, 4.69) is 10.6 Å². The van der Waals surface area contributed by atoms with Crippen LogP contribution in [0.25, 0.3) is 0 Å². The number of nitrogens with zero attached hydrogens (tertiary/aromatic N) is 1. The molecule has 2 amide bonds. The molecular formula is C17H25N3O4. The topological polar surface area (TPSA) is 79.9 Å². The van der Waals surface area contributed by atoms with E-state index in [4.69, 9.17) is 9.47 Å². The predicted octanol–water partition coefficient (Wildman–Crippen LogP) is 0.962. The lowest BCUT2D eigenvalue weighted by molar-refractivity contribution is -0.119. The summed E-state index contributed by atoms with van der Waals surface area (Å²) in [7, 11) is 3.33. The number of nitrogens with one attached hydrogen (secondary N) is 2. The molecule has 7 nitrogen and oxygen atoms in total. The van der Waals surface area contributed by atoms with Gasteiger partial charge in [-0.3, -0.25) is 9.59 Å². The van der Waals surface area contributed by atoms with Gasteiger partial charge in [-0.05, 0) is 25.2 Å². The normalized spacial score (nSPS) is 15.7. The van der Waals surface area contributed by atoms with Crippen LogP contribution in [0.3, 0.4) is 0 Å². The Hall–Kier alpha value is -2.12. The van der Waals surface area contributed by atoms with Gasteiger partial charge in [0.2, 0.25) is 5.91 Å². The Morgan fingerprint density at radius 1 is 1.33 bits per heavy atom. The lowest BCUT2D eigenvalue weighted by Gasteiger charge is -2.27. The molecule has 1 heterocycles. The second-order valence-electron chi connectivity index (χ2n) is 5.77. The number of rotatable bonds is 6. The molecular weight excluding hydrogens is 310 g/mol. The van der Waals surface area contributed by atoms with Crippen molar-refractivity contribution in [1.82, 2.24) is 10.2 Å². The summed E-state index contributed by atoms with van der Waals surface area (Å²) < 4.78 is 10.6. The van der Waals surface area contributed by atoms with Gasteiger partial charge in [-0.15, -0.1) is 0 Å². The van der Waals surface area contributed by atoms with Gasteiger partial charge in [0.05, 0.1) is 26.0 Å². The summed E-state index contributed by atoms with van der Waals surface area (Å²) in [5, 5.41) is 5.82. The van der Waals surface area contributed by atoms with E-state index in [0.717, 1.165) is 0 Å². The lowest BCUT2D eigenvalue weighted by Crippen LogP contribution is -2.40. The van der Waals surface area contributed by atoms with Crippen LogP contribution in [0.1, 0.15) is 17.3 Å². The van der Waals surface area contributed by atoms with Crippen LogP contribution in [-0.2, 0) is 9.53 Å². The average Bonchev–Trinajstić information content (AvgIpc) is 2.62. The van der Waals surface area contributed by atoms with Crippen molar-refractivity contribution >= 4 is 17.5 Å². The first-order valence-corrected chi connectivity index (χ1v) is 8.07. The van der Waals surface area contributed by atoms with Crippen molar-refractivity contribution in [1.29, 1.82) is 0 Å². The van der Waals surface area contributed by atoms with E-state index >= 15 is 0 Å². The second-order valence-corrected chi connectivity index (χ2v) is 5.77. The number of carbonyl (C=O) groups is 2. The molecule has 1 atom stereocenters. The van der Waals surface area contributed by atoms with E-state index in [1.165, 1.54) is 7.11 Å². The van der Waals surface area contributed by atoms with Gasteiger partial charge in [0, 0.05) is 31.1 Å². The molecule has 1 aliphatic rings. The Bertz CT molecular complexity index is 585. The van der Waals surface area contributed by atoms with Crippen molar-refractivity contribution in [2.75, 3.05) is 52.3 Å². The van der Waals surface area contributed by atoms with Crippen LogP contribution in [0.5, 0.6) is 5.75 Å². The molecule has 0 spiro atoms. The Labute approximate surface area is 142 Å². The third-order valence-corrected chi connectivity index (χ3v) is 3.96.